The number of benzene rings is 1. The van der Waals surface area contributed by atoms with Crippen molar-refractivity contribution in [1.82, 2.24) is 19.8 Å². The molecular formula is C24H32N4O. The quantitative estimate of drug-likeness (QED) is 0.792. The molecule has 0 aliphatic carbocycles. The molecule has 1 fully saturated rings. The lowest BCUT2D eigenvalue weighted by Crippen LogP contribution is -2.36. The van der Waals surface area contributed by atoms with Gasteiger partial charge >= 0.3 is 0 Å². The smallest absolute Gasteiger partial charge is 0.219 e. The highest BCUT2D eigenvalue weighted by atomic mass is 16.2. The van der Waals surface area contributed by atoms with Gasteiger partial charge in [-0.2, -0.15) is 0 Å². The second kappa shape index (κ2) is 8.62. The van der Waals surface area contributed by atoms with Gasteiger partial charge in [-0.05, 0) is 36.4 Å². The lowest BCUT2D eigenvalue weighted by atomic mass is 9.95. The molecule has 3 heterocycles. The first-order valence-corrected chi connectivity index (χ1v) is 10.9. The van der Waals surface area contributed by atoms with Crippen molar-refractivity contribution in [3.63, 3.8) is 0 Å². The van der Waals surface area contributed by atoms with Gasteiger partial charge in [-0.1, -0.05) is 38.1 Å². The normalized spacial score (nSPS) is 20.0. The molecule has 1 amide bonds. The second-order valence-corrected chi connectivity index (χ2v) is 8.86. The van der Waals surface area contributed by atoms with Crippen molar-refractivity contribution in [3.8, 4) is 0 Å². The van der Waals surface area contributed by atoms with Crippen LogP contribution in [0.25, 0.3) is 0 Å². The van der Waals surface area contributed by atoms with Crippen LogP contribution < -0.4 is 0 Å². The molecule has 0 spiro atoms. The maximum absolute atomic E-state index is 11.6. The summed E-state index contributed by atoms with van der Waals surface area (Å²) < 4.78 is 0. The summed E-state index contributed by atoms with van der Waals surface area (Å²) in [5, 5.41) is 0. The van der Waals surface area contributed by atoms with Gasteiger partial charge in [0.1, 0.15) is 5.82 Å². The fourth-order valence-corrected chi connectivity index (χ4v) is 4.47. The fourth-order valence-electron chi connectivity index (χ4n) is 4.47. The topological polar surface area (TPSA) is 49.3 Å². The Morgan fingerprint density at radius 3 is 2.72 bits per heavy atom. The highest BCUT2D eigenvalue weighted by Crippen LogP contribution is 2.27. The van der Waals surface area contributed by atoms with Gasteiger partial charge in [-0.25, -0.2) is 9.97 Å². The van der Waals surface area contributed by atoms with Crippen LogP contribution in [0, 0.1) is 0 Å². The van der Waals surface area contributed by atoms with Crippen LogP contribution in [0.15, 0.2) is 30.5 Å². The van der Waals surface area contributed by atoms with Crippen molar-refractivity contribution in [1.29, 1.82) is 0 Å². The zero-order chi connectivity index (χ0) is 20.4. The first kappa shape index (κ1) is 20.0. The lowest BCUT2D eigenvalue weighted by molar-refractivity contribution is -0.129. The van der Waals surface area contributed by atoms with E-state index in [1.54, 1.807) is 6.92 Å². The molecule has 2 aliphatic rings. The van der Waals surface area contributed by atoms with E-state index in [2.05, 4.69) is 43.0 Å². The van der Waals surface area contributed by atoms with Crippen LogP contribution in [0.4, 0.5) is 0 Å². The molecule has 0 N–H and O–H groups in total. The highest BCUT2D eigenvalue weighted by Gasteiger charge is 2.26. The summed E-state index contributed by atoms with van der Waals surface area (Å²) in [5.41, 5.74) is 5.02. The number of hydrogen-bond acceptors (Lipinski definition) is 4. The van der Waals surface area contributed by atoms with Crippen molar-refractivity contribution in [2.75, 3.05) is 19.6 Å². The number of likely N-dealkylation sites (tertiary alicyclic amines) is 1. The van der Waals surface area contributed by atoms with Crippen LogP contribution >= 0.6 is 0 Å². The third kappa shape index (κ3) is 4.67. The number of aromatic nitrogens is 2. The molecule has 5 nitrogen and oxygen atoms in total. The molecule has 1 saturated heterocycles. The molecule has 1 aromatic heterocycles. The molecule has 5 heteroatoms. The summed E-state index contributed by atoms with van der Waals surface area (Å²) in [6, 6.07) is 9.07. The number of nitrogens with zero attached hydrogens (tertiary/aromatic N) is 4. The van der Waals surface area contributed by atoms with Gasteiger partial charge in [-0.3, -0.25) is 9.69 Å². The molecule has 2 aromatic rings. The highest BCUT2D eigenvalue weighted by molar-refractivity contribution is 5.73. The number of hydrogen-bond donors (Lipinski definition) is 0. The van der Waals surface area contributed by atoms with Gasteiger partial charge in [0, 0.05) is 57.2 Å². The molecule has 0 bridgehead atoms. The number of amides is 1. The Bertz CT molecular complexity index is 862. The molecule has 2 aliphatic heterocycles. The van der Waals surface area contributed by atoms with Crippen molar-refractivity contribution in [3.05, 3.63) is 58.7 Å². The van der Waals surface area contributed by atoms with Crippen molar-refractivity contribution >= 4 is 5.91 Å². The molecular weight excluding hydrogens is 360 g/mol. The maximum atomic E-state index is 11.6. The van der Waals surface area contributed by atoms with Crippen LogP contribution in [0.3, 0.4) is 0 Å². The van der Waals surface area contributed by atoms with E-state index in [-0.39, 0.29) is 5.91 Å². The molecule has 4 rings (SSSR count). The van der Waals surface area contributed by atoms with Crippen LogP contribution in [0.1, 0.15) is 73.7 Å². The molecule has 0 unspecified atom stereocenters. The minimum Gasteiger partial charge on any atom is -0.338 e. The number of piperidine rings is 1. The van der Waals surface area contributed by atoms with Gasteiger partial charge in [0.2, 0.25) is 5.91 Å². The van der Waals surface area contributed by atoms with Crippen LogP contribution in [-0.4, -0.2) is 45.3 Å². The van der Waals surface area contributed by atoms with E-state index in [1.807, 2.05) is 11.1 Å². The Morgan fingerprint density at radius 1 is 1.21 bits per heavy atom. The van der Waals surface area contributed by atoms with Crippen LogP contribution in [-0.2, 0) is 24.3 Å². The van der Waals surface area contributed by atoms with Crippen molar-refractivity contribution in [2.24, 2.45) is 0 Å². The van der Waals surface area contributed by atoms with Gasteiger partial charge < -0.3 is 4.90 Å². The summed E-state index contributed by atoms with van der Waals surface area (Å²) in [6.07, 6.45) is 5.13. The third-order valence-electron chi connectivity index (χ3n) is 6.32. The predicted molar refractivity (Wildman–Crippen MR) is 115 cm³/mol. The van der Waals surface area contributed by atoms with E-state index in [9.17, 15) is 4.79 Å². The Hall–Kier alpha value is -2.27. The molecule has 29 heavy (non-hydrogen) atoms. The zero-order valence-electron chi connectivity index (χ0n) is 17.9. The lowest BCUT2D eigenvalue weighted by Gasteiger charge is -2.33. The summed E-state index contributed by atoms with van der Waals surface area (Å²) in [4.78, 5) is 25.7. The Balaban J connectivity index is 1.41. The first-order chi connectivity index (χ1) is 14.0. The Labute approximate surface area is 174 Å². The average molecular weight is 393 g/mol. The van der Waals surface area contributed by atoms with Crippen molar-refractivity contribution < 1.29 is 4.79 Å². The van der Waals surface area contributed by atoms with Crippen LogP contribution in [0.5, 0.6) is 0 Å². The first-order valence-electron chi connectivity index (χ1n) is 10.9. The molecule has 0 radical (unpaired) electrons. The third-order valence-corrected chi connectivity index (χ3v) is 6.32. The van der Waals surface area contributed by atoms with E-state index >= 15 is 0 Å². The predicted octanol–water partition coefficient (Wildman–Crippen LogP) is 3.88. The molecule has 1 aromatic carbocycles. The van der Waals surface area contributed by atoms with E-state index in [0.29, 0.717) is 18.4 Å². The Morgan fingerprint density at radius 2 is 2.00 bits per heavy atom. The van der Waals surface area contributed by atoms with Crippen LogP contribution in [0.2, 0.25) is 0 Å². The summed E-state index contributed by atoms with van der Waals surface area (Å²) in [6.45, 7) is 10.7. The molecule has 154 valence electrons. The summed E-state index contributed by atoms with van der Waals surface area (Å²) in [7, 11) is 0. The summed E-state index contributed by atoms with van der Waals surface area (Å²) in [5.74, 6) is 2.09. The SMILES string of the molecule is CC(=O)N1CCc2nc([C@H]3CCCN(Cc4ccc(C(C)C)cc4)C3)ncc2C1. The number of carbonyl (C=O) groups is 1. The molecule has 0 saturated carbocycles. The number of carbonyl (C=O) groups excluding carboxylic acids is 1. The fraction of sp³-hybridized carbons (Fsp3) is 0.542. The monoisotopic (exact) mass is 392 g/mol. The van der Waals surface area contributed by atoms with Gasteiger partial charge in [-0.15, -0.1) is 0 Å². The standard InChI is InChI=1S/C24H32N4O/c1-17(2)20-8-6-19(7-9-20)14-27-11-4-5-21(15-27)24-25-13-22-16-28(18(3)29)12-10-23(22)26-24/h6-9,13,17,21H,4-5,10-12,14-16H2,1-3H3/t21-/m0/s1. The number of fused-ring (bicyclic) bond motifs is 1. The zero-order valence-corrected chi connectivity index (χ0v) is 17.9. The minimum absolute atomic E-state index is 0.129. The second-order valence-electron chi connectivity index (χ2n) is 8.86. The summed E-state index contributed by atoms with van der Waals surface area (Å²) >= 11 is 0. The van der Waals surface area contributed by atoms with Gasteiger partial charge in [0.25, 0.3) is 0 Å². The van der Waals surface area contributed by atoms with E-state index < -0.39 is 0 Å². The van der Waals surface area contributed by atoms with E-state index in [4.69, 9.17) is 9.97 Å². The van der Waals surface area contributed by atoms with Gasteiger partial charge in [0.05, 0.1) is 5.69 Å². The molecule has 1 atom stereocenters. The van der Waals surface area contributed by atoms with E-state index in [1.165, 1.54) is 17.5 Å². The largest absolute Gasteiger partial charge is 0.338 e. The average Bonchev–Trinajstić information content (AvgIpc) is 2.73. The Kier molecular flexibility index (Phi) is 5.95. The van der Waals surface area contributed by atoms with Gasteiger partial charge in [0.15, 0.2) is 0 Å². The minimum atomic E-state index is 0.129. The van der Waals surface area contributed by atoms with E-state index in [0.717, 1.165) is 56.1 Å². The number of rotatable bonds is 4. The maximum Gasteiger partial charge on any atom is 0.219 e. The van der Waals surface area contributed by atoms with Crippen molar-refractivity contribution in [2.45, 2.75) is 65.0 Å².